The number of hydrogen-bond donors (Lipinski definition) is 1. The zero-order valence-electron chi connectivity index (χ0n) is 18.4. The minimum Gasteiger partial charge on any atom is -0.478 e. The number of imidazole rings is 1. The zero-order chi connectivity index (χ0) is 22.7. The van der Waals surface area contributed by atoms with Gasteiger partial charge in [-0.2, -0.15) is 4.98 Å². The summed E-state index contributed by atoms with van der Waals surface area (Å²) in [5, 5.41) is 9.77. The average molecular weight is 431 g/mol. The summed E-state index contributed by atoms with van der Waals surface area (Å²) in [5.74, 6) is -0.376. The SMILES string of the molecule is CCOc1cn2c(COC(C)c3ccc(-c4ccccc4)c(C(=O)O)c3)ccc(C)c2n1. The summed E-state index contributed by atoms with van der Waals surface area (Å²) >= 11 is 0. The highest BCUT2D eigenvalue weighted by molar-refractivity contribution is 5.96. The van der Waals surface area contributed by atoms with Crippen molar-refractivity contribution in [2.24, 2.45) is 0 Å². The van der Waals surface area contributed by atoms with Crippen molar-refractivity contribution in [2.45, 2.75) is 33.5 Å². The Balaban J connectivity index is 1.57. The van der Waals surface area contributed by atoms with Crippen LogP contribution in [0.1, 0.15) is 47.1 Å². The van der Waals surface area contributed by atoms with Crippen molar-refractivity contribution in [3.8, 4) is 17.0 Å². The quantitative estimate of drug-likeness (QED) is 0.389. The highest BCUT2D eigenvalue weighted by atomic mass is 16.5. The van der Waals surface area contributed by atoms with E-state index in [9.17, 15) is 9.90 Å². The minimum atomic E-state index is -0.958. The molecule has 0 fully saturated rings. The molecule has 0 amide bonds. The Hall–Kier alpha value is -3.64. The molecule has 2 aromatic heterocycles. The predicted octanol–water partition coefficient (Wildman–Crippen LogP) is 5.68. The smallest absolute Gasteiger partial charge is 0.336 e. The van der Waals surface area contributed by atoms with E-state index in [-0.39, 0.29) is 11.7 Å². The lowest BCUT2D eigenvalue weighted by atomic mass is 9.96. The molecule has 2 aromatic carbocycles. The molecule has 32 heavy (non-hydrogen) atoms. The Bertz CT molecular complexity index is 1250. The number of fused-ring (bicyclic) bond motifs is 1. The number of aromatic carboxylic acids is 1. The lowest BCUT2D eigenvalue weighted by molar-refractivity contribution is 0.0498. The van der Waals surface area contributed by atoms with Crippen molar-refractivity contribution in [1.82, 2.24) is 9.38 Å². The number of carboxylic acid groups (broad SMARTS) is 1. The molecule has 0 aliphatic rings. The molecule has 0 spiro atoms. The first-order valence-corrected chi connectivity index (χ1v) is 10.6. The fraction of sp³-hybridized carbons (Fsp3) is 0.231. The third-order valence-electron chi connectivity index (χ3n) is 5.47. The Morgan fingerprint density at radius 3 is 2.62 bits per heavy atom. The van der Waals surface area contributed by atoms with E-state index >= 15 is 0 Å². The number of aromatic nitrogens is 2. The largest absolute Gasteiger partial charge is 0.478 e. The summed E-state index contributed by atoms with van der Waals surface area (Å²) in [6.07, 6.45) is 1.58. The van der Waals surface area contributed by atoms with Gasteiger partial charge in [-0.15, -0.1) is 0 Å². The van der Waals surface area contributed by atoms with Gasteiger partial charge >= 0.3 is 5.97 Å². The molecule has 6 nitrogen and oxygen atoms in total. The maximum atomic E-state index is 11.9. The second-order valence-electron chi connectivity index (χ2n) is 7.64. The normalized spacial score (nSPS) is 12.1. The molecular formula is C26H26N2O4. The summed E-state index contributed by atoms with van der Waals surface area (Å²) in [7, 11) is 0. The van der Waals surface area contributed by atoms with E-state index in [1.807, 2.05) is 86.0 Å². The maximum Gasteiger partial charge on any atom is 0.336 e. The van der Waals surface area contributed by atoms with Gasteiger partial charge in [-0.25, -0.2) is 4.79 Å². The molecule has 0 saturated carbocycles. The van der Waals surface area contributed by atoms with Gasteiger partial charge < -0.3 is 14.6 Å². The molecule has 164 valence electrons. The third kappa shape index (κ3) is 4.36. The standard InChI is InChI=1S/C26H26N2O4/c1-4-31-24-15-28-21(12-10-17(2)25(28)27-24)16-32-18(3)20-11-13-22(23(14-20)26(29)30)19-8-6-5-7-9-19/h5-15,18H,4,16H2,1-3H3,(H,29,30). The number of aryl methyl sites for hydroxylation is 1. The predicted molar refractivity (Wildman–Crippen MR) is 123 cm³/mol. The van der Waals surface area contributed by atoms with Crippen LogP contribution in [0.25, 0.3) is 16.8 Å². The molecule has 0 bridgehead atoms. The van der Waals surface area contributed by atoms with Crippen LogP contribution in [0.5, 0.6) is 5.88 Å². The Morgan fingerprint density at radius 1 is 1.12 bits per heavy atom. The van der Waals surface area contributed by atoms with E-state index in [4.69, 9.17) is 9.47 Å². The fourth-order valence-corrected chi connectivity index (χ4v) is 3.73. The molecule has 4 rings (SSSR count). The van der Waals surface area contributed by atoms with Gasteiger partial charge in [-0.3, -0.25) is 4.40 Å². The Kier molecular flexibility index (Phi) is 6.23. The van der Waals surface area contributed by atoms with Gasteiger partial charge in [0.1, 0.15) is 5.65 Å². The molecule has 2 heterocycles. The minimum absolute atomic E-state index is 0.262. The van der Waals surface area contributed by atoms with E-state index < -0.39 is 5.97 Å². The van der Waals surface area contributed by atoms with Crippen LogP contribution in [-0.2, 0) is 11.3 Å². The van der Waals surface area contributed by atoms with Crippen LogP contribution in [0.2, 0.25) is 0 Å². The van der Waals surface area contributed by atoms with Gasteiger partial charge in [-0.1, -0.05) is 48.5 Å². The first-order valence-electron chi connectivity index (χ1n) is 10.6. The summed E-state index contributed by atoms with van der Waals surface area (Å²) in [6.45, 7) is 6.76. The van der Waals surface area contributed by atoms with Gasteiger partial charge in [0.25, 0.3) is 0 Å². The highest BCUT2D eigenvalue weighted by Gasteiger charge is 2.16. The van der Waals surface area contributed by atoms with Crippen LogP contribution < -0.4 is 4.74 Å². The van der Waals surface area contributed by atoms with Gasteiger partial charge in [-0.05, 0) is 55.2 Å². The number of nitrogens with zero attached hydrogens (tertiary/aromatic N) is 2. The molecule has 0 aliphatic carbocycles. The summed E-state index contributed by atoms with van der Waals surface area (Å²) in [6, 6.07) is 19.0. The lowest BCUT2D eigenvalue weighted by Crippen LogP contribution is -2.07. The molecule has 0 aliphatic heterocycles. The van der Waals surface area contributed by atoms with Crippen molar-refractivity contribution in [3.05, 3.63) is 89.2 Å². The molecule has 1 unspecified atom stereocenters. The third-order valence-corrected chi connectivity index (χ3v) is 5.47. The van der Waals surface area contributed by atoms with Crippen molar-refractivity contribution < 1.29 is 19.4 Å². The summed E-state index contributed by atoms with van der Waals surface area (Å²) in [5.41, 5.74) is 5.46. The number of hydrogen-bond acceptors (Lipinski definition) is 4. The fourth-order valence-electron chi connectivity index (χ4n) is 3.73. The second kappa shape index (κ2) is 9.24. The maximum absolute atomic E-state index is 11.9. The number of carbonyl (C=O) groups is 1. The summed E-state index contributed by atoms with van der Waals surface area (Å²) < 4.78 is 13.7. The van der Waals surface area contributed by atoms with Gasteiger partial charge in [0.2, 0.25) is 5.88 Å². The van der Waals surface area contributed by atoms with Crippen LogP contribution in [0.15, 0.2) is 66.9 Å². The monoisotopic (exact) mass is 430 g/mol. The van der Waals surface area contributed by atoms with Crippen LogP contribution in [0, 0.1) is 6.92 Å². The topological polar surface area (TPSA) is 73.1 Å². The Labute approximate surface area is 187 Å². The molecule has 0 saturated heterocycles. The van der Waals surface area contributed by atoms with Crippen LogP contribution in [0.3, 0.4) is 0 Å². The second-order valence-corrected chi connectivity index (χ2v) is 7.64. The summed E-state index contributed by atoms with van der Waals surface area (Å²) in [4.78, 5) is 16.5. The van der Waals surface area contributed by atoms with Crippen molar-refractivity contribution in [2.75, 3.05) is 6.61 Å². The van der Waals surface area contributed by atoms with Gasteiger partial charge in [0, 0.05) is 0 Å². The highest BCUT2D eigenvalue weighted by Crippen LogP contribution is 2.29. The molecule has 1 atom stereocenters. The van der Waals surface area contributed by atoms with Crippen LogP contribution in [-0.4, -0.2) is 27.1 Å². The number of ether oxygens (including phenoxy) is 2. The van der Waals surface area contributed by atoms with E-state index in [1.54, 1.807) is 6.07 Å². The van der Waals surface area contributed by atoms with Crippen LogP contribution >= 0.6 is 0 Å². The average Bonchev–Trinajstić information content (AvgIpc) is 3.24. The lowest BCUT2D eigenvalue weighted by Gasteiger charge is -2.17. The molecule has 0 radical (unpaired) electrons. The van der Waals surface area contributed by atoms with Gasteiger partial charge in [0.15, 0.2) is 0 Å². The van der Waals surface area contributed by atoms with Gasteiger partial charge in [0.05, 0.1) is 36.8 Å². The molecule has 1 N–H and O–H groups in total. The van der Waals surface area contributed by atoms with Crippen LogP contribution in [0.4, 0.5) is 0 Å². The number of carboxylic acids is 1. The number of pyridine rings is 1. The van der Waals surface area contributed by atoms with Crippen molar-refractivity contribution in [1.29, 1.82) is 0 Å². The Morgan fingerprint density at radius 2 is 1.91 bits per heavy atom. The first kappa shape index (κ1) is 21.6. The molecule has 4 aromatic rings. The number of rotatable bonds is 8. The van der Waals surface area contributed by atoms with Crippen molar-refractivity contribution >= 4 is 11.6 Å². The zero-order valence-corrected chi connectivity index (χ0v) is 18.4. The van der Waals surface area contributed by atoms with Crippen molar-refractivity contribution in [3.63, 3.8) is 0 Å². The van der Waals surface area contributed by atoms with E-state index in [0.717, 1.165) is 28.0 Å². The van der Waals surface area contributed by atoms with E-state index in [2.05, 4.69) is 4.98 Å². The van der Waals surface area contributed by atoms with E-state index in [1.165, 1.54) is 0 Å². The number of benzene rings is 2. The molecule has 6 heteroatoms. The molecular weight excluding hydrogens is 404 g/mol. The van der Waals surface area contributed by atoms with E-state index in [0.29, 0.717) is 24.7 Å². The first-order chi connectivity index (χ1) is 15.5.